The summed E-state index contributed by atoms with van der Waals surface area (Å²) in [6.07, 6.45) is 0.474. The quantitative estimate of drug-likeness (QED) is 0.703. The molecule has 1 aliphatic rings. The minimum Gasteiger partial charge on any atom is -0.388 e. The maximum atomic E-state index is 14.7. The third-order valence-corrected chi connectivity index (χ3v) is 5.48. The Bertz CT molecular complexity index is 729. The number of nitrogens with one attached hydrogen (secondary N) is 1. The van der Waals surface area contributed by atoms with Crippen molar-refractivity contribution in [2.24, 2.45) is 5.92 Å². The minimum absolute atomic E-state index is 0.258. The lowest BCUT2D eigenvalue weighted by atomic mass is 9.89. The number of aryl methyl sites for hydroxylation is 1. The van der Waals surface area contributed by atoms with E-state index in [2.05, 4.69) is 37.4 Å². The van der Waals surface area contributed by atoms with Crippen molar-refractivity contribution in [2.45, 2.75) is 45.3 Å². The Morgan fingerprint density at radius 1 is 1.19 bits per heavy atom. The molecule has 3 atom stereocenters. The van der Waals surface area contributed by atoms with Crippen molar-refractivity contribution in [1.29, 1.82) is 0 Å². The SMILES string of the molecule is CNc1ccc(C)c(-c2ccc(CC(F)C3CC(C)CCN3F)cc2)c1. The highest BCUT2D eigenvalue weighted by Crippen LogP contribution is 2.29. The molecule has 2 aromatic rings. The molecule has 0 saturated carbocycles. The third kappa shape index (κ3) is 4.24. The van der Waals surface area contributed by atoms with Crippen molar-refractivity contribution in [2.75, 3.05) is 18.9 Å². The van der Waals surface area contributed by atoms with Gasteiger partial charge in [-0.15, -0.1) is 9.60 Å². The van der Waals surface area contributed by atoms with Crippen molar-refractivity contribution in [3.8, 4) is 11.1 Å². The Kier molecular flexibility index (Phi) is 5.92. The predicted octanol–water partition coefficient (Wildman–Crippen LogP) is 5.57. The number of halogens is 2. The maximum absolute atomic E-state index is 14.7. The van der Waals surface area contributed by atoms with Crippen LogP contribution < -0.4 is 5.32 Å². The monoisotopic (exact) mass is 358 g/mol. The van der Waals surface area contributed by atoms with Gasteiger partial charge in [-0.1, -0.05) is 37.3 Å². The molecule has 0 radical (unpaired) electrons. The number of alkyl halides is 1. The van der Waals surface area contributed by atoms with Crippen LogP contribution in [-0.2, 0) is 6.42 Å². The van der Waals surface area contributed by atoms with Crippen LogP contribution in [0.15, 0.2) is 42.5 Å². The summed E-state index contributed by atoms with van der Waals surface area (Å²) in [5.41, 5.74) is 5.45. The van der Waals surface area contributed by atoms with E-state index in [-0.39, 0.29) is 6.42 Å². The Morgan fingerprint density at radius 2 is 1.92 bits per heavy atom. The molecule has 0 aromatic heterocycles. The van der Waals surface area contributed by atoms with E-state index < -0.39 is 12.2 Å². The van der Waals surface area contributed by atoms with E-state index in [9.17, 15) is 8.87 Å². The topological polar surface area (TPSA) is 15.3 Å². The van der Waals surface area contributed by atoms with E-state index in [1.165, 1.54) is 5.56 Å². The fourth-order valence-electron chi connectivity index (χ4n) is 3.75. The van der Waals surface area contributed by atoms with Gasteiger partial charge in [0.15, 0.2) is 0 Å². The molecule has 1 saturated heterocycles. The van der Waals surface area contributed by atoms with Crippen molar-refractivity contribution >= 4 is 5.69 Å². The van der Waals surface area contributed by atoms with Gasteiger partial charge in [0.05, 0.1) is 6.04 Å². The summed E-state index contributed by atoms with van der Waals surface area (Å²) in [5.74, 6) is 0.384. The normalized spacial score (nSPS) is 22.2. The zero-order valence-electron chi connectivity index (χ0n) is 15.8. The lowest BCUT2D eigenvalue weighted by Crippen LogP contribution is -2.43. The van der Waals surface area contributed by atoms with Crippen LogP contribution in [0.4, 0.5) is 14.6 Å². The Balaban J connectivity index is 1.72. The van der Waals surface area contributed by atoms with Gasteiger partial charge in [0.2, 0.25) is 0 Å². The van der Waals surface area contributed by atoms with Crippen molar-refractivity contribution in [1.82, 2.24) is 5.12 Å². The second-order valence-corrected chi connectivity index (χ2v) is 7.52. The van der Waals surface area contributed by atoms with Gasteiger partial charge in [-0.05, 0) is 60.1 Å². The number of rotatable bonds is 5. The first-order valence-corrected chi connectivity index (χ1v) is 9.42. The second-order valence-electron chi connectivity index (χ2n) is 7.52. The van der Waals surface area contributed by atoms with Crippen LogP contribution in [-0.4, -0.2) is 30.9 Å². The van der Waals surface area contributed by atoms with Gasteiger partial charge in [-0.2, -0.15) is 0 Å². The molecule has 0 bridgehead atoms. The molecule has 1 N–H and O–H groups in total. The average Bonchev–Trinajstić information content (AvgIpc) is 2.65. The zero-order valence-corrected chi connectivity index (χ0v) is 15.8. The second kappa shape index (κ2) is 8.17. The Hall–Kier alpha value is -1.94. The molecular formula is C22H28F2N2. The maximum Gasteiger partial charge on any atom is 0.122 e. The number of hydrogen-bond acceptors (Lipinski definition) is 2. The van der Waals surface area contributed by atoms with E-state index >= 15 is 0 Å². The van der Waals surface area contributed by atoms with E-state index in [4.69, 9.17) is 0 Å². The Morgan fingerprint density at radius 3 is 2.62 bits per heavy atom. The summed E-state index contributed by atoms with van der Waals surface area (Å²) >= 11 is 0. The molecule has 26 heavy (non-hydrogen) atoms. The smallest absolute Gasteiger partial charge is 0.122 e. The molecule has 1 heterocycles. The van der Waals surface area contributed by atoms with Crippen LogP contribution in [0.5, 0.6) is 0 Å². The standard InChI is InChI=1S/C22H28F2N2/c1-15-10-11-26(24)22(12-15)21(23)13-17-5-7-18(8-6-17)20-14-19(25-3)9-4-16(20)2/h4-9,14-15,21-22,25H,10-13H2,1-3H3. The zero-order chi connectivity index (χ0) is 18.7. The molecule has 4 heteroatoms. The van der Waals surface area contributed by atoms with Crippen molar-refractivity contribution < 1.29 is 8.87 Å². The van der Waals surface area contributed by atoms with Gasteiger partial charge < -0.3 is 5.32 Å². The summed E-state index contributed by atoms with van der Waals surface area (Å²) in [4.78, 5) is 0. The fraction of sp³-hybridized carbons (Fsp3) is 0.455. The van der Waals surface area contributed by atoms with E-state index in [1.54, 1.807) is 0 Å². The molecule has 3 unspecified atom stereocenters. The Labute approximate surface area is 155 Å². The van der Waals surface area contributed by atoms with Crippen LogP contribution in [0.25, 0.3) is 11.1 Å². The molecule has 2 nitrogen and oxygen atoms in total. The summed E-state index contributed by atoms with van der Waals surface area (Å²) < 4.78 is 28.7. The summed E-state index contributed by atoms with van der Waals surface area (Å²) in [7, 11) is 1.90. The molecule has 0 aliphatic carbocycles. The van der Waals surface area contributed by atoms with Crippen LogP contribution in [0.2, 0.25) is 0 Å². The fourth-order valence-corrected chi connectivity index (χ4v) is 3.75. The molecule has 2 aromatic carbocycles. The van der Waals surface area contributed by atoms with Gasteiger partial charge in [-0.3, -0.25) is 0 Å². The molecule has 3 rings (SSSR count). The highest BCUT2D eigenvalue weighted by atomic mass is 19.2. The van der Waals surface area contributed by atoms with Crippen LogP contribution in [0, 0.1) is 12.8 Å². The largest absolute Gasteiger partial charge is 0.388 e. The predicted molar refractivity (Wildman–Crippen MR) is 105 cm³/mol. The molecule has 1 fully saturated rings. The van der Waals surface area contributed by atoms with Gasteiger partial charge in [-0.25, -0.2) is 4.39 Å². The number of piperidine rings is 1. The van der Waals surface area contributed by atoms with Crippen molar-refractivity contribution in [3.05, 3.63) is 53.6 Å². The first-order valence-electron chi connectivity index (χ1n) is 9.42. The van der Waals surface area contributed by atoms with E-state index in [0.717, 1.165) is 28.8 Å². The van der Waals surface area contributed by atoms with Gasteiger partial charge in [0.1, 0.15) is 6.17 Å². The number of anilines is 1. The number of nitrogens with zero attached hydrogens (tertiary/aromatic N) is 1. The average molecular weight is 358 g/mol. The summed E-state index contributed by atoms with van der Waals surface area (Å²) in [6, 6.07) is 13.6. The first kappa shape index (κ1) is 18.8. The van der Waals surface area contributed by atoms with Crippen LogP contribution >= 0.6 is 0 Å². The molecule has 0 spiro atoms. The summed E-state index contributed by atoms with van der Waals surface area (Å²) in [6.45, 7) is 4.50. The molecule has 140 valence electrons. The third-order valence-electron chi connectivity index (χ3n) is 5.48. The lowest BCUT2D eigenvalue weighted by Gasteiger charge is -2.34. The molecule has 0 amide bonds. The summed E-state index contributed by atoms with van der Waals surface area (Å²) in [5, 5.41) is 3.86. The van der Waals surface area contributed by atoms with Gasteiger partial charge in [0, 0.05) is 25.7 Å². The first-order chi connectivity index (χ1) is 12.5. The van der Waals surface area contributed by atoms with Gasteiger partial charge in [0.25, 0.3) is 0 Å². The van der Waals surface area contributed by atoms with E-state index in [1.807, 2.05) is 31.3 Å². The molecule has 1 aliphatic heterocycles. The number of benzene rings is 2. The highest BCUT2D eigenvalue weighted by Gasteiger charge is 2.33. The minimum atomic E-state index is -1.18. The lowest BCUT2D eigenvalue weighted by molar-refractivity contribution is -0.0840. The van der Waals surface area contributed by atoms with Crippen molar-refractivity contribution in [3.63, 3.8) is 0 Å². The highest BCUT2D eigenvalue weighted by molar-refractivity contribution is 5.71. The molecular weight excluding hydrogens is 330 g/mol. The van der Waals surface area contributed by atoms with Crippen LogP contribution in [0.3, 0.4) is 0 Å². The van der Waals surface area contributed by atoms with Gasteiger partial charge >= 0.3 is 0 Å². The number of hydrogen-bond donors (Lipinski definition) is 1. The van der Waals surface area contributed by atoms with Crippen LogP contribution in [0.1, 0.15) is 30.9 Å². The van der Waals surface area contributed by atoms with E-state index in [0.29, 0.717) is 24.0 Å².